The van der Waals surface area contributed by atoms with Crippen LogP contribution in [0.5, 0.6) is 0 Å². The topological polar surface area (TPSA) is 57.5 Å². The summed E-state index contributed by atoms with van der Waals surface area (Å²) in [5.41, 5.74) is 0. The summed E-state index contributed by atoms with van der Waals surface area (Å²) in [6.07, 6.45) is 44.5. The lowest BCUT2D eigenvalue weighted by atomic mass is 9.96. The first kappa shape index (κ1) is 58.9. The zero-order valence-corrected chi connectivity index (χ0v) is 36.8. The predicted molar refractivity (Wildman–Crippen MR) is 231 cm³/mol. The Hall–Kier alpha value is -0.410. The Kier molecular flexibility index (Phi) is 74.9. The standard InChI is InChI=1S/C12H26O.C12H26.C11H24.C6H14O.C6H12O/c1-3-5-7-8-10-12(11-13)9-6-4-2;1-4-6-8-9-11-12(3)10-7-5-2;1-3-5-7-9-11-10-8-6-4-2;2*1-2-3-4-5-6-7/h12-13H,3-11H2,1-2H3;12H,4-11H2,1-3H3;3-11H2,1-2H3;7H,2-6H2,1H3;6H,2-5H2,1H3. The van der Waals surface area contributed by atoms with Crippen molar-refractivity contribution in [3.05, 3.63) is 0 Å². The first-order valence-electron chi connectivity index (χ1n) is 23.1. The van der Waals surface area contributed by atoms with Crippen molar-refractivity contribution in [2.45, 2.75) is 274 Å². The number of carbonyl (C=O) groups is 1. The van der Waals surface area contributed by atoms with Crippen LogP contribution in [-0.4, -0.2) is 29.7 Å². The van der Waals surface area contributed by atoms with Crippen LogP contribution in [0.3, 0.4) is 0 Å². The van der Waals surface area contributed by atoms with Crippen LogP contribution in [0.1, 0.15) is 274 Å². The van der Waals surface area contributed by atoms with Gasteiger partial charge in [0.2, 0.25) is 0 Å². The van der Waals surface area contributed by atoms with E-state index in [9.17, 15) is 4.79 Å². The molecule has 0 saturated carbocycles. The summed E-state index contributed by atoms with van der Waals surface area (Å²) < 4.78 is 0. The normalized spacial score (nSPS) is 11.4. The van der Waals surface area contributed by atoms with Crippen LogP contribution < -0.4 is 0 Å². The van der Waals surface area contributed by atoms with Crippen molar-refractivity contribution in [2.75, 3.05) is 13.2 Å². The van der Waals surface area contributed by atoms with Crippen LogP contribution in [0.4, 0.5) is 0 Å². The Morgan fingerprint density at radius 1 is 0.380 bits per heavy atom. The summed E-state index contributed by atoms with van der Waals surface area (Å²) >= 11 is 0. The molecule has 0 fully saturated rings. The van der Waals surface area contributed by atoms with Crippen LogP contribution in [0, 0.1) is 11.8 Å². The molecule has 0 heterocycles. The van der Waals surface area contributed by atoms with Gasteiger partial charge in [0.1, 0.15) is 6.29 Å². The summed E-state index contributed by atoms with van der Waals surface area (Å²) in [5, 5.41) is 17.4. The lowest BCUT2D eigenvalue weighted by Gasteiger charge is -2.12. The molecule has 2 N–H and O–H groups in total. The number of hydrogen-bond acceptors (Lipinski definition) is 3. The van der Waals surface area contributed by atoms with Crippen molar-refractivity contribution >= 4 is 6.29 Å². The SMILES string of the molecule is CCCCCC=O.CCCCCCC(C)CCCC.CCCCCCC(CO)CCCC.CCCCCCCCCCC.CCCCCCO. The van der Waals surface area contributed by atoms with E-state index in [2.05, 4.69) is 62.3 Å². The number of carbonyl (C=O) groups excluding carboxylic acids is 1. The third kappa shape index (κ3) is 73.1. The molecule has 0 aliphatic heterocycles. The maximum Gasteiger partial charge on any atom is 0.119 e. The molecule has 2 unspecified atom stereocenters. The maximum absolute atomic E-state index is 9.68. The van der Waals surface area contributed by atoms with Crippen LogP contribution in [0.2, 0.25) is 0 Å². The highest BCUT2D eigenvalue weighted by molar-refractivity contribution is 5.48. The highest BCUT2D eigenvalue weighted by atomic mass is 16.3. The molecule has 2 atom stereocenters. The van der Waals surface area contributed by atoms with E-state index in [1.165, 1.54) is 193 Å². The zero-order chi connectivity index (χ0) is 38.6. The lowest BCUT2D eigenvalue weighted by Crippen LogP contribution is -2.05. The van der Waals surface area contributed by atoms with E-state index < -0.39 is 0 Å². The Labute approximate surface area is 319 Å². The summed E-state index contributed by atoms with van der Waals surface area (Å²) in [5.74, 6) is 1.55. The number of aliphatic hydroxyl groups is 2. The molecule has 0 rings (SSSR count). The van der Waals surface area contributed by atoms with Gasteiger partial charge in [-0.1, -0.05) is 242 Å². The molecule has 0 aromatic heterocycles. The Morgan fingerprint density at radius 3 is 1.06 bits per heavy atom. The van der Waals surface area contributed by atoms with Gasteiger partial charge < -0.3 is 15.0 Å². The van der Waals surface area contributed by atoms with Gasteiger partial charge in [0.15, 0.2) is 0 Å². The number of aliphatic hydroxyl groups excluding tert-OH is 2. The van der Waals surface area contributed by atoms with Crippen molar-refractivity contribution in [3.63, 3.8) is 0 Å². The molecule has 3 heteroatoms. The lowest BCUT2D eigenvalue weighted by molar-refractivity contribution is -0.107. The third-order valence-corrected chi connectivity index (χ3v) is 9.44. The summed E-state index contributed by atoms with van der Waals surface area (Å²) in [6.45, 7) is 21.0. The van der Waals surface area contributed by atoms with Crippen LogP contribution >= 0.6 is 0 Å². The first-order valence-corrected chi connectivity index (χ1v) is 23.1. The average Bonchev–Trinajstić information content (AvgIpc) is 3.13. The van der Waals surface area contributed by atoms with Gasteiger partial charge in [0.25, 0.3) is 0 Å². The molecule has 0 aliphatic rings. The van der Waals surface area contributed by atoms with E-state index in [0.717, 1.165) is 31.5 Å². The molecule has 0 radical (unpaired) electrons. The third-order valence-electron chi connectivity index (χ3n) is 9.44. The van der Waals surface area contributed by atoms with E-state index in [4.69, 9.17) is 10.2 Å². The van der Waals surface area contributed by atoms with E-state index in [1.54, 1.807) is 0 Å². The number of aldehydes is 1. The second-order valence-corrected chi connectivity index (χ2v) is 15.1. The molecular weight excluding hydrogens is 613 g/mol. The second kappa shape index (κ2) is 63.6. The second-order valence-electron chi connectivity index (χ2n) is 15.1. The number of unbranched alkanes of at least 4 members (excludes halogenated alkanes) is 22. The Morgan fingerprint density at radius 2 is 0.680 bits per heavy atom. The van der Waals surface area contributed by atoms with Gasteiger partial charge in [0, 0.05) is 19.6 Å². The van der Waals surface area contributed by atoms with Crippen molar-refractivity contribution in [2.24, 2.45) is 11.8 Å². The van der Waals surface area contributed by atoms with E-state index in [1.807, 2.05) is 0 Å². The van der Waals surface area contributed by atoms with Crippen LogP contribution in [0.15, 0.2) is 0 Å². The van der Waals surface area contributed by atoms with Crippen molar-refractivity contribution < 1.29 is 15.0 Å². The Balaban J connectivity index is -0.000000172. The summed E-state index contributed by atoms with van der Waals surface area (Å²) in [7, 11) is 0. The van der Waals surface area contributed by atoms with Crippen LogP contribution in [-0.2, 0) is 4.79 Å². The predicted octanol–water partition coefficient (Wildman–Crippen LogP) is 16.4. The maximum atomic E-state index is 9.68. The fraction of sp³-hybridized carbons (Fsp3) is 0.979. The van der Waals surface area contributed by atoms with Gasteiger partial charge in [-0.3, -0.25) is 0 Å². The van der Waals surface area contributed by atoms with Gasteiger partial charge in [-0.2, -0.15) is 0 Å². The minimum Gasteiger partial charge on any atom is -0.396 e. The molecule has 0 aromatic rings. The summed E-state index contributed by atoms with van der Waals surface area (Å²) in [6, 6.07) is 0. The Bertz CT molecular complexity index is 483. The summed E-state index contributed by atoms with van der Waals surface area (Å²) in [4.78, 5) is 9.68. The molecular formula is C47H102O3. The average molecular weight is 715 g/mol. The molecule has 308 valence electrons. The smallest absolute Gasteiger partial charge is 0.119 e. The quantitative estimate of drug-likeness (QED) is 0.0525. The van der Waals surface area contributed by atoms with E-state index in [-0.39, 0.29) is 0 Å². The minimum atomic E-state index is 0.361. The molecule has 50 heavy (non-hydrogen) atoms. The highest BCUT2D eigenvalue weighted by Crippen LogP contribution is 2.17. The fourth-order valence-corrected chi connectivity index (χ4v) is 5.70. The molecule has 0 bridgehead atoms. The molecule has 0 saturated heterocycles. The minimum absolute atomic E-state index is 0.361. The first-order chi connectivity index (χ1) is 24.4. The number of rotatable bonds is 33. The molecule has 0 spiro atoms. The van der Waals surface area contributed by atoms with Gasteiger partial charge in [-0.25, -0.2) is 0 Å². The van der Waals surface area contributed by atoms with E-state index >= 15 is 0 Å². The van der Waals surface area contributed by atoms with Gasteiger partial charge in [0.05, 0.1) is 0 Å². The van der Waals surface area contributed by atoms with Gasteiger partial charge in [-0.15, -0.1) is 0 Å². The molecule has 0 aliphatic carbocycles. The van der Waals surface area contributed by atoms with Crippen molar-refractivity contribution in [3.8, 4) is 0 Å². The monoisotopic (exact) mass is 715 g/mol. The molecule has 0 amide bonds. The van der Waals surface area contributed by atoms with Crippen molar-refractivity contribution in [1.82, 2.24) is 0 Å². The molecule has 0 aromatic carbocycles. The van der Waals surface area contributed by atoms with Gasteiger partial charge >= 0.3 is 0 Å². The van der Waals surface area contributed by atoms with Gasteiger partial charge in [-0.05, 0) is 37.5 Å². The largest absolute Gasteiger partial charge is 0.396 e. The van der Waals surface area contributed by atoms with E-state index in [0.29, 0.717) is 19.1 Å². The highest BCUT2D eigenvalue weighted by Gasteiger charge is 2.05. The van der Waals surface area contributed by atoms with Crippen LogP contribution in [0.25, 0.3) is 0 Å². The van der Waals surface area contributed by atoms with Crippen molar-refractivity contribution in [1.29, 1.82) is 0 Å². The zero-order valence-electron chi connectivity index (χ0n) is 36.8. The molecule has 3 nitrogen and oxygen atoms in total. The number of hydrogen-bond donors (Lipinski definition) is 2. The fourth-order valence-electron chi connectivity index (χ4n) is 5.70.